The Morgan fingerprint density at radius 3 is 2.71 bits per heavy atom. The molecule has 1 aromatic heterocycles. The molecule has 1 N–H and O–H groups in total. The number of nitrogens with zero attached hydrogens (tertiary/aromatic N) is 1. The van der Waals surface area contributed by atoms with Crippen molar-refractivity contribution in [3.8, 4) is 5.75 Å². The normalized spacial score (nSPS) is 10.0. The molecule has 6 heteroatoms. The molecular formula is C15H13BrN2O3. The van der Waals surface area contributed by atoms with Gasteiger partial charge in [0.15, 0.2) is 0 Å². The van der Waals surface area contributed by atoms with E-state index in [0.717, 1.165) is 4.47 Å². The van der Waals surface area contributed by atoms with E-state index >= 15 is 0 Å². The van der Waals surface area contributed by atoms with Gasteiger partial charge in [-0.15, -0.1) is 0 Å². The van der Waals surface area contributed by atoms with E-state index in [2.05, 4.69) is 26.2 Å². The van der Waals surface area contributed by atoms with Crippen molar-refractivity contribution >= 4 is 33.5 Å². The predicted molar refractivity (Wildman–Crippen MR) is 82.4 cm³/mol. The van der Waals surface area contributed by atoms with E-state index in [1.807, 2.05) is 0 Å². The van der Waals surface area contributed by atoms with Gasteiger partial charge in [0, 0.05) is 28.7 Å². The summed E-state index contributed by atoms with van der Waals surface area (Å²) in [4.78, 5) is 27.3. The number of pyridine rings is 1. The first-order valence-electron chi connectivity index (χ1n) is 6.17. The third-order valence-corrected chi connectivity index (χ3v) is 3.18. The van der Waals surface area contributed by atoms with E-state index in [-0.39, 0.29) is 5.91 Å². The number of anilines is 1. The SMILES string of the molecule is CC(=O)Oc1cccc(C(=O)Nc2cncc(Br)c2)c1C. The zero-order valence-electron chi connectivity index (χ0n) is 11.5. The molecule has 1 aromatic carbocycles. The fourth-order valence-corrected chi connectivity index (χ4v) is 2.17. The number of nitrogens with one attached hydrogen (secondary N) is 1. The molecular weight excluding hydrogens is 336 g/mol. The number of hydrogen-bond acceptors (Lipinski definition) is 4. The van der Waals surface area contributed by atoms with Crippen molar-refractivity contribution in [1.29, 1.82) is 0 Å². The Bertz CT molecular complexity index is 701. The largest absolute Gasteiger partial charge is 0.426 e. The number of aromatic nitrogens is 1. The second-order valence-corrected chi connectivity index (χ2v) is 5.28. The number of ether oxygens (including phenoxy) is 1. The molecule has 0 unspecified atom stereocenters. The summed E-state index contributed by atoms with van der Waals surface area (Å²) in [5, 5.41) is 2.75. The summed E-state index contributed by atoms with van der Waals surface area (Å²) in [5.74, 6) is -0.337. The van der Waals surface area contributed by atoms with Crippen molar-refractivity contribution in [2.24, 2.45) is 0 Å². The Hall–Kier alpha value is -2.21. The maximum absolute atomic E-state index is 12.3. The van der Waals surface area contributed by atoms with Crippen molar-refractivity contribution in [3.63, 3.8) is 0 Å². The van der Waals surface area contributed by atoms with Crippen LogP contribution in [0.3, 0.4) is 0 Å². The maximum atomic E-state index is 12.3. The molecule has 2 rings (SSSR count). The quantitative estimate of drug-likeness (QED) is 0.682. The molecule has 1 heterocycles. The Kier molecular flexibility index (Phi) is 4.70. The highest BCUT2D eigenvalue weighted by Gasteiger charge is 2.14. The van der Waals surface area contributed by atoms with Gasteiger partial charge in [0.25, 0.3) is 5.91 Å². The zero-order chi connectivity index (χ0) is 15.4. The van der Waals surface area contributed by atoms with E-state index in [0.29, 0.717) is 22.6 Å². The van der Waals surface area contributed by atoms with Crippen LogP contribution in [0, 0.1) is 6.92 Å². The first kappa shape index (κ1) is 15.2. The van der Waals surface area contributed by atoms with Crippen LogP contribution in [-0.4, -0.2) is 16.9 Å². The van der Waals surface area contributed by atoms with Gasteiger partial charge >= 0.3 is 5.97 Å². The maximum Gasteiger partial charge on any atom is 0.308 e. The van der Waals surface area contributed by atoms with Gasteiger partial charge in [-0.3, -0.25) is 14.6 Å². The van der Waals surface area contributed by atoms with E-state index in [4.69, 9.17) is 4.74 Å². The molecule has 0 atom stereocenters. The molecule has 21 heavy (non-hydrogen) atoms. The lowest BCUT2D eigenvalue weighted by Crippen LogP contribution is -2.14. The molecule has 0 radical (unpaired) electrons. The van der Waals surface area contributed by atoms with Gasteiger partial charge in [0.05, 0.1) is 11.9 Å². The summed E-state index contributed by atoms with van der Waals surface area (Å²) in [5.41, 5.74) is 1.62. The second-order valence-electron chi connectivity index (χ2n) is 4.37. The van der Waals surface area contributed by atoms with E-state index in [9.17, 15) is 9.59 Å². The van der Waals surface area contributed by atoms with Crippen LogP contribution in [0.25, 0.3) is 0 Å². The van der Waals surface area contributed by atoms with Gasteiger partial charge in [-0.1, -0.05) is 6.07 Å². The third-order valence-electron chi connectivity index (χ3n) is 2.75. The monoisotopic (exact) mass is 348 g/mol. The average molecular weight is 349 g/mol. The number of rotatable bonds is 3. The van der Waals surface area contributed by atoms with Gasteiger partial charge < -0.3 is 10.1 Å². The molecule has 0 saturated heterocycles. The van der Waals surface area contributed by atoms with Gasteiger partial charge in [-0.05, 0) is 41.1 Å². The van der Waals surface area contributed by atoms with Crippen molar-refractivity contribution in [2.75, 3.05) is 5.32 Å². The van der Waals surface area contributed by atoms with Crippen LogP contribution in [-0.2, 0) is 4.79 Å². The summed E-state index contributed by atoms with van der Waals surface area (Å²) in [6.45, 7) is 3.05. The number of benzene rings is 1. The fraction of sp³-hybridized carbons (Fsp3) is 0.133. The highest BCUT2D eigenvalue weighted by Crippen LogP contribution is 2.23. The number of hydrogen-bond donors (Lipinski definition) is 1. The Balaban J connectivity index is 2.25. The van der Waals surface area contributed by atoms with Crippen LogP contribution >= 0.6 is 15.9 Å². The molecule has 0 aliphatic carbocycles. The lowest BCUT2D eigenvalue weighted by molar-refractivity contribution is -0.131. The minimum Gasteiger partial charge on any atom is -0.426 e. The summed E-state index contributed by atoms with van der Waals surface area (Å²) in [6, 6.07) is 6.73. The minimum absolute atomic E-state index is 0.290. The smallest absolute Gasteiger partial charge is 0.308 e. The third kappa shape index (κ3) is 3.88. The van der Waals surface area contributed by atoms with Crippen LogP contribution in [0.2, 0.25) is 0 Å². The highest BCUT2D eigenvalue weighted by molar-refractivity contribution is 9.10. The highest BCUT2D eigenvalue weighted by atomic mass is 79.9. The van der Waals surface area contributed by atoms with E-state index in [1.54, 1.807) is 43.6 Å². The van der Waals surface area contributed by atoms with Crippen molar-refractivity contribution < 1.29 is 14.3 Å². The Labute approximate surface area is 130 Å². The van der Waals surface area contributed by atoms with Gasteiger partial charge in [-0.2, -0.15) is 0 Å². The van der Waals surface area contributed by atoms with Crippen LogP contribution in [0.1, 0.15) is 22.8 Å². The number of halogens is 1. The zero-order valence-corrected chi connectivity index (χ0v) is 13.1. The van der Waals surface area contributed by atoms with Gasteiger partial charge in [-0.25, -0.2) is 0 Å². The van der Waals surface area contributed by atoms with Crippen molar-refractivity contribution in [2.45, 2.75) is 13.8 Å². The topological polar surface area (TPSA) is 68.3 Å². The van der Waals surface area contributed by atoms with Crippen LogP contribution in [0.15, 0.2) is 41.1 Å². The summed E-state index contributed by atoms with van der Waals surface area (Å²) < 4.78 is 5.84. The van der Waals surface area contributed by atoms with E-state index in [1.165, 1.54) is 6.92 Å². The minimum atomic E-state index is -0.424. The van der Waals surface area contributed by atoms with Crippen LogP contribution < -0.4 is 10.1 Å². The molecule has 0 aliphatic heterocycles. The lowest BCUT2D eigenvalue weighted by Gasteiger charge is -2.11. The van der Waals surface area contributed by atoms with Crippen LogP contribution in [0.5, 0.6) is 5.75 Å². The molecule has 0 spiro atoms. The van der Waals surface area contributed by atoms with Crippen LogP contribution in [0.4, 0.5) is 5.69 Å². The predicted octanol–water partition coefficient (Wildman–Crippen LogP) is 3.33. The molecule has 0 fully saturated rings. The summed E-state index contributed by atoms with van der Waals surface area (Å²) in [6.07, 6.45) is 3.18. The first-order valence-corrected chi connectivity index (χ1v) is 6.96. The molecule has 0 bridgehead atoms. The standard InChI is InChI=1S/C15H13BrN2O3/c1-9-13(4-3-5-14(9)21-10(2)19)15(20)18-12-6-11(16)7-17-8-12/h3-8H,1-2H3,(H,18,20). The fourth-order valence-electron chi connectivity index (χ4n) is 1.80. The molecule has 0 saturated carbocycles. The first-order chi connectivity index (χ1) is 9.97. The molecule has 0 aliphatic rings. The van der Waals surface area contributed by atoms with Gasteiger partial charge in [0.2, 0.25) is 0 Å². The number of esters is 1. The van der Waals surface area contributed by atoms with Crippen molar-refractivity contribution in [3.05, 3.63) is 52.3 Å². The molecule has 2 aromatic rings. The number of carbonyl (C=O) groups excluding carboxylic acids is 2. The lowest BCUT2D eigenvalue weighted by atomic mass is 10.1. The van der Waals surface area contributed by atoms with Crippen molar-refractivity contribution in [1.82, 2.24) is 4.98 Å². The average Bonchev–Trinajstić information content (AvgIpc) is 2.40. The molecule has 108 valence electrons. The summed E-state index contributed by atoms with van der Waals surface area (Å²) >= 11 is 3.29. The van der Waals surface area contributed by atoms with E-state index < -0.39 is 5.97 Å². The molecule has 1 amide bonds. The summed E-state index contributed by atoms with van der Waals surface area (Å²) in [7, 11) is 0. The van der Waals surface area contributed by atoms with Gasteiger partial charge in [0.1, 0.15) is 5.75 Å². The second kappa shape index (κ2) is 6.49. The number of amides is 1. The Morgan fingerprint density at radius 2 is 2.05 bits per heavy atom. The number of carbonyl (C=O) groups is 2. The molecule has 5 nitrogen and oxygen atoms in total. The Morgan fingerprint density at radius 1 is 1.29 bits per heavy atom.